The predicted molar refractivity (Wildman–Crippen MR) is 66.4 cm³/mol. The van der Waals surface area contributed by atoms with Crippen molar-refractivity contribution in [1.82, 2.24) is 10.2 Å². The first-order valence-corrected chi connectivity index (χ1v) is 5.89. The molecule has 0 spiro atoms. The standard InChI is InChI=1S/C11H20N2O3.ClH/c1-8-10(12-4-6-16-8)11(14)13-5-3-9(7-13)15-2;/h8-10,12H,3-7H2,1-2H3;1H/t8-,9-,10+;/m1./s1. The molecule has 2 saturated heterocycles. The van der Waals surface area contributed by atoms with E-state index < -0.39 is 0 Å². The molecule has 0 saturated carbocycles. The molecule has 0 radical (unpaired) electrons. The molecule has 0 aliphatic carbocycles. The van der Waals surface area contributed by atoms with E-state index in [-0.39, 0.29) is 36.6 Å². The third-order valence-electron chi connectivity index (χ3n) is 3.37. The Balaban J connectivity index is 0.00000144. The van der Waals surface area contributed by atoms with Crippen molar-refractivity contribution in [2.45, 2.75) is 31.6 Å². The van der Waals surface area contributed by atoms with Crippen molar-refractivity contribution in [3.8, 4) is 0 Å². The lowest BCUT2D eigenvalue weighted by atomic mass is 10.1. The molecule has 2 rings (SSSR count). The molecule has 1 N–H and O–H groups in total. The molecule has 3 atom stereocenters. The fourth-order valence-electron chi connectivity index (χ4n) is 2.33. The number of likely N-dealkylation sites (tertiary alicyclic amines) is 1. The highest BCUT2D eigenvalue weighted by atomic mass is 35.5. The number of carbonyl (C=O) groups is 1. The molecule has 2 heterocycles. The number of hydrogen-bond donors (Lipinski definition) is 1. The quantitative estimate of drug-likeness (QED) is 0.765. The van der Waals surface area contributed by atoms with Gasteiger partial charge in [0.1, 0.15) is 6.04 Å². The molecule has 2 aliphatic rings. The molecule has 100 valence electrons. The fraction of sp³-hybridized carbons (Fsp3) is 0.909. The van der Waals surface area contributed by atoms with Crippen molar-refractivity contribution >= 4 is 18.3 Å². The van der Waals surface area contributed by atoms with Gasteiger partial charge >= 0.3 is 0 Å². The van der Waals surface area contributed by atoms with Gasteiger partial charge in [0.25, 0.3) is 0 Å². The highest BCUT2D eigenvalue weighted by molar-refractivity contribution is 5.85. The maximum Gasteiger partial charge on any atom is 0.242 e. The highest BCUT2D eigenvalue weighted by Crippen LogP contribution is 2.15. The Kier molecular flexibility index (Phi) is 5.66. The van der Waals surface area contributed by atoms with Crippen LogP contribution in [0.3, 0.4) is 0 Å². The van der Waals surface area contributed by atoms with Crippen molar-refractivity contribution < 1.29 is 14.3 Å². The molecule has 0 unspecified atom stereocenters. The van der Waals surface area contributed by atoms with Gasteiger partial charge in [0.05, 0.1) is 18.8 Å². The van der Waals surface area contributed by atoms with E-state index in [0.717, 1.165) is 19.5 Å². The Morgan fingerprint density at radius 2 is 2.29 bits per heavy atom. The van der Waals surface area contributed by atoms with E-state index in [1.807, 2.05) is 11.8 Å². The average molecular weight is 265 g/mol. The van der Waals surface area contributed by atoms with Crippen molar-refractivity contribution in [1.29, 1.82) is 0 Å². The number of hydrogen-bond acceptors (Lipinski definition) is 4. The summed E-state index contributed by atoms with van der Waals surface area (Å²) in [6.45, 7) is 4.88. The molecule has 1 amide bonds. The summed E-state index contributed by atoms with van der Waals surface area (Å²) in [5.74, 6) is 0.145. The number of nitrogens with zero attached hydrogens (tertiary/aromatic N) is 1. The summed E-state index contributed by atoms with van der Waals surface area (Å²) in [7, 11) is 1.70. The van der Waals surface area contributed by atoms with Gasteiger partial charge in [0, 0.05) is 26.7 Å². The van der Waals surface area contributed by atoms with Crippen LogP contribution in [0.5, 0.6) is 0 Å². The molecule has 0 aromatic heterocycles. The van der Waals surface area contributed by atoms with E-state index in [1.165, 1.54) is 0 Å². The molecular formula is C11H21ClN2O3. The van der Waals surface area contributed by atoms with Crippen LogP contribution in [0.15, 0.2) is 0 Å². The van der Waals surface area contributed by atoms with Crippen LogP contribution in [0.1, 0.15) is 13.3 Å². The third-order valence-corrected chi connectivity index (χ3v) is 3.37. The molecule has 0 bridgehead atoms. The molecule has 17 heavy (non-hydrogen) atoms. The van der Waals surface area contributed by atoms with Gasteiger partial charge in [-0.15, -0.1) is 12.4 Å². The number of rotatable bonds is 2. The lowest BCUT2D eigenvalue weighted by Gasteiger charge is -2.32. The largest absolute Gasteiger partial charge is 0.380 e. The Labute approximate surface area is 108 Å². The first kappa shape index (κ1) is 14.7. The summed E-state index contributed by atoms with van der Waals surface area (Å²) in [4.78, 5) is 14.1. The lowest BCUT2D eigenvalue weighted by Crippen LogP contribution is -2.56. The second-order valence-electron chi connectivity index (χ2n) is 4.44. The lowest BCUT2D eigenvalue weighted by molar-refractivity contribution is -0.138. The molecular weight excluding hydrogens is 244 g/mol. The van der Waals surface area contributed by atoms with Crippen LogP contribution in [0.2, 0.25) is 0 Å². The van der Waals surface area contributed by atoms with E-state index in [2.05, 4.69) is 5.32 Å². The van der Waals surface area contributed by atoms with Gasteiger partial charge in [-0.2, -0.15) is 0 Å². The van der Waals surface area contributed by atoms with Gasteiger partial charge in [0.15, 0.2) is 0 Å². The van der Waals surface area contributed by atoms with E-state index in [0.29, 0.717) is 13.2 Å². The summed E-state index contributed by atoms with van der Waals surface area (Å²) in [6.07, 6.45) is 1.09. The number of carbonyl (C=O) groups excluding carboxylic acids is 1. The molecule has 0 aromatic rings. The van der Waals surface area contributed by atoms with Crippen LogP contribution >= 0.6 is 12.4 Å². The zero-order chi connectivity index (χ0) is 11.5. The van der Waals surface area contributed by atoms with E-state index in [9.17, 15) is 4.79 Å². The summed E-state index contributed by atoms with van der Waals surface area (Å²) in [6, 6.07) is -0.190. The minimum Gasteiger partial charge on any atom is -0.380 e. The molecule has 0 aromatic carbocycles. The Hall–Kier alpha value is -0.360. The van der Waals surface area contributed by atoms with Crippen molar-refractivity contribution in [2.75, 3.05) is 33.4 Å². The maximum absolute atomic E-state index is 12.2. The zero-order valence-electron chi connectivity index (χ0n) is 10.3. The number of nitrogens with one attached hydrogen (secondary N) is 1. The smallest absolute Gasteiger partial charge is 0.242 e. The minimum absolute atomic E-state index is 0. The zero-order valence-corrected chi connectivity index (χ0v) is 11.2. The summed E-state index contributed by atoms with van der Waals surface area (Å²) in [5, 5.41) is 3.22. The number of halogens is 1. The third kappa shape index (κ3) is 3.31. The number of amides is 1. The van der Waals surface area contributed by atoms with Crippen LogP contribution in [0, 0.1) is 0 Å². The van der Waals surface area contributed by atoms with Gasteiger partial charge in [-0.05, 0) is 13.3 Å². The van der Waals surface area contributed by atoms with Gasteiger partial charge in [-0.25, -0.2) is 0 Å². The minimum atomic E-state index is -0.190. The Morgan fingerprint density at radius 3 is 2.88 bits per heavy atom. The molecule has 6 heteroatoms. The van der Waals surface area contributed by atoms with Gasteiger partial charge < -0.3 is 19.7 Å². The van der Waals surface area contributed by atoms with Crippen molar-refractivity contribution in [3.63, 3.8) is 0 Å². The monoisotopic (exact) mass is 264 g/mol. The van der Waals surface area contributed by atoms with Crippen molar-refractivity contribution in [3.05, 3.63) is 0 Å². The van der Waals surface area contributed by atoms with Crippen LogP contribution < -0.4 is 5.32 Å². The van der Waals surface area contributed by atoms with E-state index in [1.54, 1.807) is 7.11 Å². The summed E-state index contributed by atoms with van der Waals surface area (Å²) in [5.41, 5.74) is 0. The molecule has 2 aliphatic heterocycles. The van der Waals surface area contributed by atoms with E-state index in [4.69, 9.17) is 9.47 Å². The van der Waals surface area contributed by atoms with Gasteiger partial charge in [-0.1, -0.05) is 0 Å². The average Bonchev–Trinajstić information content (AvgIpc) is 2.77. The van der Waals surface area contributed by atoms with Crippen LogP contribution in [-0.2, 0) is 14.3 Å². The summed E-state index contributed by atoms with van der Waals surface area (Å²) >= 11 is 0. The fourth-order valence-corrected chi connectivity index (χ4v) is 2.33. The van der Waals surface area contributed by atoms with E-state index >= 15 is 0 Å². The molecule has 2 fully saturated rings. The van der Waals surface area contributed by atoms with Crippen LogP contribution in [0.25, 0.3) is 0 Å². The van der Waals surface area contributed by atoms with Crippen LogP contribution in [-0.4, -0.2) is 62.4 Å². The van der Waals surface area contributed by atoms with Gasteiger partial charge in [-0.3, -0.25) is 4.79 Å². The Morgan fingerprint density at radius 1 is 1.53 bits per heavy atom. The Bertz CT molecular complexity index is 265. The molecule has 5 nitrogen and oxygen atoms in total. The topological polar surface area (TPSA) is 50.8 Å². The van der Waals surface area contributed by atoms with Crippen LogP contribution in [0.4, 0.5) is 0 Å². The number of methoxy groups -OCH3 is 1. The number of ether oxygens (including phenoxy) is 2. The predicted octanol–water partition coefficient (Wildman–Crippen LogP) is 0.0324. The second-order valence-corrected chi connectivity index (χ2v) is 4.44. The first-order chi connectivity index (χ1) is 7.72. The normalized spacial score (nSPS) is 33.3. The number of morpholine rings is 1. The maximum atomic E-state index is 12.2. The van der Waals surface area contributed by atoms with Gasteiger partial charge in [0.2, 0.25) is 5.91 Å². The SMILES string of the molecule is CO[C@@H]1CCN(C(=O)[C@H]2NCCO[C@@H]2C)C1.Cl. The second kappa shape index (κ2) is 6.54. The summed E-state index contributed by atoms with van der Waals surface area (Å²) < 4.78 is 10.7. The first-order valence-electron chi connectivity index (χ1n) is 5.89. The highest BCUT2D eigenvalue weighted by Gasteiger charge is 2.35. The van der Waals surface area contributed by atoms with Crippen molar-refractivity contribution in [2.24, 2.45) is 0 Å².